The highest BCUT2D eigenvalue weighted by Crippen LogP contribution is 2.12. The zero-order valence-corrected chi connectivity index (χ0v) is 12.3. The van der Waals surface area contributed by atoms with E-state index in [0.717, 1.165) is 0 Å². The normalized spacial score (nSPS) is 11.5. The maximum atomic E-state index is 12.8. The van der Waals surface area contributed by atoms with Crippen molar-refractivity contribution in [1.29, 1.82) is 0 Å². The van der Waals surface area contributed by atoms with Gasteiger partial charge in [-0.15, -0.1) is 0 Å². The molecule has 5 nitrogen and oxygen atoms in total. The predicted octanol–water partition coefficient (Wildman–Crippen LogP) is 1.77. The summed E-state index contributed by atoms with van der Waals surface area (Å²) in [5.41, 5.74) is -0.218. The molecule has 0 amide bonds. The summed E-state index contributed by atoms with van der Waals surface area (Å²) in [7, 11) is -3.86. The number of aryl methyl sites for hydroxylation is 1. The molecule has 21 heavy (non-hydrogen) atoms. The van der Waals surface area contributed by atoms with Crippen molar-refractivity contribution in [3.05, 3.63) is 58.4 Å². The molecule has 1 heterocycles. The zero-order valence-electron chi connectivity index (χ0n) is 11.5. The summed E-state index contributed by atoms with van der Waals surface area (Å²) in [5, 5.41) is -0.470. The van der Waals surface area contributed by atoms with Gasteiger partial charge in [0.05, 0.1) is 5.75 Å². The topological polar surface area (TPSA) is 69.0 Å². The molecule has 0 radical (unpaired) electrons. The Morgan fingerprint density at radius 1 is 1.24 bits per heavy atom. The van der Waals surface area contributed by atoms with Gasteiger partial charge in [0.25, 0.3) is 5.56 Å². The van der Waals surface area contributed by atoms with Crippen molar-refractivity contribution < 1.29 is 12.8 Å². The van der Waals surface area contributed by atoms with Crippen molar-refractivity contribution in [2.75, 3.05) is 0 Å². The van der Waals surface area contributed by atoms with Gasteiger partial charge < -0.3 is 4.57 Å². The summed E-state index contributed by atoms with van der Waals surface area (Å²) in [6, 6.07) is 5.11. The summed E-state index contributed by atoms with van der Waals surface area (Å²) >= 11 is 0. The van der Waals surface area contributed by atoms with Gasteiger partial charge >= 0.3 is 0 Å². The lowest BCUT2D eigenvalue weighted by molar-refractivity contribution is 0.578. The number of halogens is 1. The summed E-state index contributed by atoms with van der Waals surface area (Å²) in [6.07, 6.45) is 3.47. The van der Waals surface area contributed by atoms with E-state index in [4.69, 9.17) is 0 Å². The molecule has 0 saturated heterocycles. The fourth-order valence-electron chi connectivity index (χ4n) is 1.93. The minimum Gasteiger partial charge on any atom is -0.312 e. The van der Waals surface area contributed by atoms with Crippen molar-refractivity contribution >= 4 is 9.84 Å². The largest absolute Gasteiger partial charge is 0.312 e. The first-order valence-electron chi connectivity index (χ1n) is 6.46. The van der Waals surface area contributed by atoms with Gasteiger partial charge in [0, 0.05) is 18.9 Å². The van der Waals surface area contributed by atoms with Gasteiger partial charge in [0.15, 0.2) is 0 Å². The third-order valence-corrected chi connectivity index (χ3v) is 4.49. The van der Waals surface area contributed by atoms with Crippen LogP contribution in [-0.2, 0) is 22.1 Å². The van der Waals surface area contributed by atoms with E-state index in [9.17, 15) is 17.6 Å². The van der Waals surface area contributed by atoms with E-state index in [1.807, 2.05) is 6.92 Å². The molecule has 2 aromatic rings. The van der Waals surface area contributed by atoms with Gasteiger partial charge in [-0.05, 0) is 24.1 Å². The summed E-state index contributed by atoms with van der Waals surface area (Å²) < 4.78 is 38.7. The molecule has 0 aliphatic rings. The number of nitrogens with zero attached hydrogens (tertiary/aromatic N) is 2. The van der Waals surface area contributed by atoms with Crippen molar-refractivity contribution in [3.8, 4) is 0 Å². The van der Waals surface area contributed by atoms with Gasteiger partial charge in [-0.3, -0.25) is 4.79 Å². The van der Waals surface area contributed by atoms with Gasteiger partial charge in [-0.2, -0.15) is 0 Å². The molecule has 7 heteroatoms. The Hall–Kier alpha value is -2.02. The Balaban J connectivity index is 2.38. The highest BCUT2D eigenvalue weighted by molar-refractivity contribution is 7.90. The fraction of sp³-hybridized carbons (Fsp3) is 0.286. The predicted molar refractivity (Wildman–Crippen MR) is 76.1 cm³/mol. The maximum absolute atomic E-state index is 12.8. The minimum atomic E-state index is -3.86. The van der Waals surface area contributed by atoms with Crippen LogP contribution in [0.25, 0.3) is 0 Å². The van der Waals surface area contributed by atoms with Crippen LogP contribution >= 0.6 is 0 Å². The first-order chi connectivity index (χ1) is 9.94. The Labute approximate surface area is 122 Å². The lowest BCUT2D eigenvalue weighted by atomic mass is 10.2. The molecule has 0 bridgehead atoms. The van der Waals surface area contributed by atoms with Crippen molar-refractivity contribution in [2.45, 2.75) is 30.7 Å². The highest BCUT2D eigenvalue weighted by Gasteiger charge is 2.22. The molecule has 0 aliphatic heterocycles. The highest BCUT2D eigenvalue weighted by atomic mass is 32.2. The van der Waals surface area contributed by atoms with Crippen molar-refractivity contribution in [2.24, 2.45) is 0 Å². The molecule has 0 fully saturated rings. The number of rotatable bonds is 5. The molecule has 112 valence electrons. The van der Waals surface area contributed by atoms with E-state index in [1.165, 1.54) is 41.2 Å². The van der Waals surface area contributed by atoms with Crippen LogP contribution < -0.4 is 5.56 Å². The maximum Gasteiger partial charge on any atom is 0.288 e. The van der Waals surface area contributed by atoms with Crippen LogP contribution in [0, 0.1) is 5.82 Å². The number of hydrogen-bond acceptors (Lipinski definition) is 4. The summed E-state index contributed by atoms with van der Waals surface area (Å²) in [5.74, 6) is -0.828. The lowest BCUT2D eigenvalue weighted by Crippen LogP contribution is -2.27. The second-order valence-corrected chi connectivity index (χ2v) is 6.52. The molecule has 0 spiro atoms. The van der Waals surface area contributed by atoms with Gasteiger partial charge in [-0.25, -0.2) is 17.8 Å². The lowest BCUT2D eigenvalue weighted by Gasteiger charge is -2.07. The van der Waals surface area contributed by atoms with E-state index >= 15 is 0 Å². The molecule has 1 aromatic carbocycles. The van der Waals surface area contributed by atoms with Crippen LogP contribution in [0.3, 0.4) is 0 Å². The molecule has 0 unspecified atom stereocenters. The van der Waals surface area contributed by atoms with Crippen LogP contribution in [0.1, 0.15) is 18.9 Å². The van der Waals surface area contributed by atoms with Crippen LogP contribution in [0.15, 0.2) is 46.5 Å². The second kappa shape index (κ2) is 6.17. The van der Waals surface area contributed by atoms with E-state index in [2.05, 4.69) is 4.98 Å². The van der Waals surface area contributed by atoms with E-state index in [-0.39, 0.29) is 5.75 Å². The SMILES string of the molecule is CCCn1ccnc(S(=O)(=O)Cc2ccc(F)cc2)c1=O. The molecule has 1 aromatic heterocycles. The van der Waals surface area contributed by atoms with E-state index < -0.39 is 26.2 Å². The van der Waals surface area contributed by atoms with Crippen LogP contribution in [0.2, 0.25) is 0 Å². The minimum absolute atomic E-state index is 0.383. The van der Waals surface area contributed by atoms with Gasteiger partial charge in [-0.1, -0.05) is 19.1 Å². The molecule has 0 N–H and O–H groups in total. The first kappa shape index (κ1) is 15.4. The van der Waals surface area contributed by atoms with Gasteiger partial charge in [0.1, 0.15) is 5.82 Å². The van der Waals surface area contributed by atoms with Crippen LogP contribution in [0.4, 0.5) is 4.39 Å². The van der Waals surface area contributed by atoms with Crippen LogP contribution in [0.5, 0.6) is 0 Å². The summed E-state index contributed by atoms with van der Waals surface area (Å²) in [6.45, 7) is 2.32. The Kier molecular flexibility index (Phi) is 4.52. The van der Waals surface area contributed by atoms with E-state index in [0.29, 0.717) is 18.5 Å². The molecular weight excluding hydrogens is 295 g/mol. The van der Waals surface area contributed by atoms with Crippen molar-refractivity contribution in [3.63, 3.8) is 0 Å². The quantitative estimate of drug-likeness (QED) is 0.844. The molecule has 0 atom stereocenters. The second-order valence-electron chi connectivity index (χ2n) is 4.62. The molecule has 0 saturated carbocycles. The Morgan fingerprint density at radius 2 is 1.90 bits per heavy atom. The molecule has 0 aliphatic carbocycles. The Morgan fingerprint density at radius 3 is 2.52 bits per heavy atom. The number of hydrogen-bond donors (Lipinski definition) is 0. The standard InChI is InChI=1S/C14H15FN2O3S/c1-2-8-17-9-7-16-13(14(17)18)21(19,20)10-11-3-5-12(15)6-4-11/h3-7,9H,2,8,10H2,1H3. The van der Waals surface area contributed by atoms with Crippen LogP contribution in [-0.4, -0.2) is 18.0 Å². The average Bonchev–Trinajstić information content (AvgIpc) is 2.43. The zero-order chi connectivity index (χ0) is 15.5. The first-order valence-corrected chi connectivity index (χ1v) is 8.12. The van der Waals surface area contributed by atoms with E-state index in [1.54, 1.807) is 0 Å². The third kappa shape index (κ3) is 3.55. The third-order valence-electron chi connectivity index (χ3n) is 2.91. The summed E-state index contributed by atoms with van der Waals surface area (Å²) in [4.78, 5) is 15.8. The average molecular weight is 310 g/mol. The molecular formula is C14H15FN2O3S. The Bertz CT molecular complexity index is 783. The fourth-order valence-corrected chi connectivity index (χ4v) is 3.30. The van der Waals surface area contributed by atoms with Gasteiger partial charge in [0.2, 0.25) is 14.9 Å². The van der Waals surface area contributed by atoms with Crippen molar-refractivity contribution in [1.82, 2.24) is 9.55 Å². The smallest absolute Gasteiger partial charge is 0.288 e. The number of benzene rings is 1. The number of sulfone groups is 1. The molecule has 2 rings (SSSR count). The number of aromatic nitrogens is 2. The monoisotopic (exact) mass is 310 g/mol.